The summed E-state index contributed by atoms with van der Waals surface area (Å²) in [6.07, 6.45) is 0. The smallest absolute Gasteiger partial charge is 0.0985 e. The number of aryl methyl sites for hydroxylation is 1. The third-order valence-corrected chi connectivity index (χ3v) is 5.25. The van der Waals surface area contributed by atoms with Crippen LogP contribution in [0.2, 0.25) is 0 Å². The number of ether oxygens (including phenoxy) is 1. The highest BCUT2D eigenvalue weighted by Crippen LogP contribution is 2.32. The summed E-state index contributed by atoms with van der Waals surface area (Å²) in [4.78, 5) is 6.09. The second kappa shape index (κ2) is 7.01. The fourth-order valence-electron chi connectivity index (χ4n) is 2.14. The van der Waals surface area contributed by atoms with Crippen LogP contribution in [0.5, 0.6) is 0 Å². The van der Waals surface area contributed by atoms with Gasteiger partial charge in [-0.15, -0.1) is 11.3 Å². The SMILES string of the molecule is COCC(NC(C)c1sc(C(C)(C)C)nc1C)C(C)C. The number of methoxy groups -OCH3 is 1. The maximum Gasteiger partial charge on any atom is 0.0985 e. The minimum absolute atomic E-state index is 0.122. The van der Waals surface area contributed by atoms with Gasteiger partial charge in [-0.05, 0) is 19.8 Å². The third-order valence-electron chi connectivity index (χ3n) is 3.48. The van der Waals surface area contributed by atoms with E-state index in [2.05, 4.69) is 53.8 Å². The van der Waals surface area contributed by atoms with Crippen molar-refractivity contribution in [3.63, 3.8) is 0 Å². The van der Waals surface area contributed by atoms with Gasteiger partial charge in [-0.25, -0.2) is 4.98 Å². The maximum atomic E-state index is 5.32. The van der Waals surface area contributed by atoms with E-state index in [4.69, 9.17) is 9.72 Å². The zero-order valence-corrected chi connectivity index (χ0v) is 15.0. The molecule has 0 aliphatic carbocycles. The van der Waals surface area contributed by atoms with Crippen molar-refractivity contribution in [2.75, 3.05) is 13.7 Å². The van der Waals surface area contributed by atoms with E-state index in [1.165, 1.54) is 9.88 Å². The molecular formula is C16H30N2OS. The third kappa shape index (κ3) is 4.54. The van der Waals surface area contributed by atoms with Crippen molar-refractivity contribution in [3.8, 4) is 0 Å². The fraction of sp³-hybridized carbons (Fsp3) is 0.812. The quantitative estimate of drug-likeness (QED) is 0.859. The predicted molar refractivity (Wildman–Crippen MR) is 87.6 cm³/mol. The molecule has 2 unspecified atom stereocenters. The molecule has 116 valence electrons. The Morgan fingerprint density at radius 2 is 1.85 bits per heavy atom. The molecule has 0 amide bonds. The molecule has 1 heterocycles. The normalized spacial score (nSPS) is 15.7. The zero-order valence-electron chi connectivity index (χ0n) is 14.2. The van der Waals surface area contributed by atoms with E-state index in [0.717, 1.165) is 12.3 Å². The highest BCUT2D eigenvalue weighted by atomic mass is 32.1. The van der Waals surface area contributed by atoms with Gasteiger partial charge in [-0.2, -0.15) is 0 Å². The average Bonchev–Trinajstić information content (AvgIpc) is 2.70. The molecule has 0 spiro atoms. The molecule has 1 rings (SSSR count). The molecule has 1 aromatic heterocycles. The monoisotopic (exact) mass is 298 g/mol. The van der Waals surface area contributed by atoms with Crippen LogP contribution in [0.15, 0.2) is 0 Å². The molecule has 0 aliphatic rings. The van der Waals surface area contributed by atoms with Crippen LogP contribution in [0.1, 0.15) is 63.2 Å². The van der Waals surface area contributed by atoms with Gasteiger partial charge in [0.2, 0.25) is 0 Å². The van der Waals surface area contributed by atoms with Gasteiger partial charge >= 0.3 is 0 Å². The van der Waals surface area contributed by atoms with Crippen molar-refractivity contribution >= 4 is 11.3 Å². The summed E-state index contributed by atoms with van der Waals surface area (Å²) in [6, 6.07) is 0.681. The highest BCUT2D eigenvalue weighted by Gasteiger charge is 2.24. The highest BCUT2D eigenvalue weighted by molar-refractivity contribution is 7.12. The van der Waals surface area contributed by atoms with Gasteiger partial charge in [0.05, 0.1) is 17.3 Å². The number of hydrogen-bond donors (Lipinski definition) is 1. The van der Waals surface area contributed by atoms with Crippen molar-refractivity contribution in [2.24, 2.45) is 5.92 Å². The molecular weight excluding hydrogens is 268 g/mol. The second-order valence-corrected chi connectivity index (χ2v) is 7.94. The van der Waals surface area contributed by atoms with Crippen LogP contribution in [0.4, 0.5) is 0 Å². The minimum atomic E-state index is 0.122. The Labute approximate surface area is 128 Å². The van der Waals surface area contributed by atoms with E-state index < -0.39 is 0 Å². The lowest BCUT2D eigenvalue weighted by Gasteiger charge is -2.25. The number of aromatic nitrogens is 1. The van der Waals surface area contributed by atoms with Gasteiger partial charge < -0.3 is 10.1 Å². The molecule has 0 fully saturated rings. The van der Waals surface area contributed by atoms with Crippen LogP contribution in [0.3, 0.4) is 0 Å². The number of rotatable bonds is 6. The second-order valence-electron chi connectivity index (χ2n) is 6.91. The molecule has 0 aromatic carbocycles. The van der Waals surface area contributed by atoms with Crippen molar-refractivity contribution in [2.45, 2.75) is 66.0 Å². The van der Waals surface area contributed by atoms with Gasteiger partial charge in [-0.1, -0.05) is 34.6 Å². The molecule has 2 atom stereocenters. The van der Waals surface area contributed by atoms with Crippen molar-refractivity contribution in [1.82, 2.24) is 10.3 Å². The summed E-state index contributed by atoms with van der Waals surface area (Å²) in [7, 11) is 1.76. The number of nitrogens with one attached hydrogen (secondary N) is 1. The first-order valence-corrected chi connectivity index (χ1v) is 8.21. The molecule has 0 radical (unpaired) electrons. The Hall–Kier alpha value is -0.450. The van der Waals surface area contributed by atoms with Crippen molar-refractivity contribution < 1.29 is 4.74 Å². The Morgan fingerprint density at radius 3 is 2.25 bits per heavy atom. The maximum absolute atomic E-state index is 5.32. The predicted octanol–water partition coefficient (Wildman–Crippen LogP) is 4.07. The van der Waals surface area contributed by atoms with Gasteiger partial charge in [0.15, 0.2) is 0 Å². The largest absolute Gasteiger partial charge is 0.383 e. The van der Waals surface area contributed by atoms with E-state index in [1.807, 2.05) is 11.3 Å². The van der Waals surface area contributed by atoms with Crippen molar-refractivity contribution in [1.29, 1.82) is 0 Å². The molecule has 0 bridgehead atoms. The lowest BCUT2D eigenvalue weighted by atomic mass is 9.98. The van der Waals surface area contributed by atoms with E-state index in [-0.39, 0.29) is 5.41 Å². The Morgan fingerprint density at radius 1 is 1.25 bits per heavy atom. The van der Waals surface area contributed by atoms with Crippen LogP contribution in [-0.2, 0) is 10.2 Å². The number of nitrogens with zero attached hydrogens (tertiary/aromatic N) is 1. The molecule has 3 nitrogen and oxygen atoms in total. The number of thiazole rings is 1. The van der Waals surface area contributed by atoms with Crippen LogP contribution in [0.25, 0.3) is 0 Å². The topological polar surface area (TPSA) is 34.1 Å². The summed E-state index contributed by atoms with van der Waals surface area (Å²) in [5.41, 5.74) is 1.28. The molecule has 1 aromatic rings. The van der Waals surface area contributed by atoms with Crippen molar-refractivity contribution in [3.05, 3.63) is 15.6 Å². The summed E-state index contributed by atoms with van der Waals surface area (Å²) in [6.45, 7) is 16.2. The van der Waals surface area contributed by atoms with Gasteiger partial charge in [0.1, 0.15) is 0 Å². The number of hydrogen-bond acceptors (Lipinski definition) is 4. The molecule has 20 heavy (non-hydrogen) atoms. The van der Waals surface area contributed by atoms with Crippen LogP contribution in [-0.4, -0.2) is 24.7 Å². The fourth-order valence-corrected chi connectivity index (χ4v) is 3.28. The van der Waals surface area contributed by atoms with Gasteiger partial charge in [0.25, 0.3) is 0 Å². The first-order chi connectivity index (χ1) is 9.16. The summed E-state index contributed by atoms with van der Waals surface area (Å²) in [5.74, 6) is 0.549. The first-order valence-electron chi connectivity index (χ1n) is 7.39. The molecule has 0 saturated heterocycles. The zero-order chi connectivity index (χ0) is 15.5. The van der Waals surface area contributed by atoms with E-state index in [1.54, 1.807) is 7.11 Å². The minimum Gasteiger partial charge on any atom is -0.383 e. The van der Waals surface area contributed by atoms with Gasteiger partial charge in [0, 0.05) is 29.5 Å². The van der Waals surface area contributed by atoms with Crippen LogP contribution >= 0.6 is 11.3 Å². The van der Waals surface area contributed by atoms with Gasteiger partial charge in [-0.3, -0.25) is 0 Å². The molecule has 0 aliphatic heterocycles. The molecule has 0 saturated carbocycles. The van der Waals surface area contributed by atoms with E-state index in [0.29, 0.717) is 18.0 Å². The molecule has 4 heteroatoms. The van der Waals surface area contributed by atoms with E-state index in [9.17, 15) is 0 Å². The summed E-state index contributed by atoms with van der Waals surface area (Å²) in [5, 5.41) is 4.90. The van der Waals surface area contributed by atoms with E-state index >= 15 is 0 Å². The summed E-state index contributed by atoms with van der Waals surface area (Å²) < 4.78 is 5.32. The Kier molecular flexibility index (Phi) is 6.17. The Bertz CT molecular complexity index is 421. The first kappa shape index (κ1) is 17.6. The summed E-state index contributed by atoms with van der Waals surface area (Å²) >= 11 is 1.83. The van der Waals surface area contributed by atoms with Crippen LogP contribution < -0.4 is 5.32 Å². The lowest BCUT2D eigenvalue weighted by molar-refractivity contribution is 0.142. The standard InChI is InChI=1S/C16H30N2OS/c1-10(2)13(9-19-8)17-11(3)14-12(4)18-15(20-14)16(5,6)7/h10-11,13,17H,9H2,1-8H3. The Balaban J connectivity index is 2.86. The van der Waals surface area contributed by atoms with Crippen LogP contribution in [0, 0.1) is 12.8 Å². The average molecular weight is 298 g/mol. The molecule has 1 N–H and O–H groups in total. The lowest BCUT2D eigenvalue weighted by Crippen LogP contribution is -2.39.